The van der Waals surface area contributed by atoms with E-state index in [9.17, 15) is 4.79 Å². The Morgan fingerprint density at radius 3 is 3.00 bits per heavy atom. The molecule has 5 heteroatoms. The molecule has 1 aliphatic heterocycles. The summed E-state index contributed by atoms with van der Waals surface area (Å²) in [6.07, 6.45) is 4.33. The molecule has 0 unspecified atom stereocenters. The number of fused-ring (bicyclic) bond motifs is 4. The van der Waals surface area contributed by atoms with Crippen LogP contribution in [0.25, 0.3) is 11.0 Å². The SMILES string of the molecule is Nc1nc2ccc(C(=O)N3CCC[C@@H]4c5ccccc5CC[C@@H]43)cc2[nH]1. The first-order chi connectivity index (χ1) is 12.7. The number of hydrogen-bond acceptors (Lipinski definition) is 3. The van der Waals surface area contributed by atoms with Crippen molar-refractivity contribution < 1.29 is 4.79 Å². The average molecular weight is 346 g/mol. The summed E-state index contributed by atoms with van der Waals surface area (Å²) >= 11 is 0. The van der Waals surface area contributed by atoms with Crippen LogP contribution in [0.2, 0.25) is 0 Å². The minimum Gasteiger partial charge on any atom is -0.369 e. The van der Waals surface area contributed by atoms with Crippen LogP contribution in [0.1, 0.15) is 46.7 Å². The van der Waals surface area contributed by atoms with E-state index in [0.29, 0.717) is 23.5 Å². The molecule has 3 aromatic rings. The highest BCUT2D eigenvalue weighted by molar-refractivity contribution is 5.98. The molecule has 1 amide bonds. The first-order valence-electron chi connectivity index (χ1n) is 9.35. The fourth-order valence-corrected chi connectivity index (χ4v) is 4.78. The number of nitrogens with one attached hydrogen (secondary N) is 1. The lowest BCUT2D eigenvalue weighted by Gasteiger charge is -2.45. The van der Waals surface area contributed by atoms with Gasteiger partial charge >= 0.3 is 0 Å². The maximum Gasteiger partial charge on any atom is 0.254 e. The molecule has 26 heavy (non-hydrogen) atoms. The number of nitrogens with two attached hydrogens (primary N) is 1. The molecule has 1 aromatic heterocycles. The van der Waals surface area contributed by atoms with E-state index in [2.05, 4.69) is 39.1 Å². The Morgan fingerprint density at radius 2 is 2.08 bits per heavy atom. The van der Waals surface area contributed by atoms with E-state index in [1.807, 2.05) is 18.2 Å². The van der Waals surface area contributed by atoms with E-state index in [1.54, 1.807) is 0 Å². The Morgan fingerprint density at radius 1 is 1.19 bits per heavy atom. The zero-order valence-electron chi connectivity index (χ0n) is 14.6. The number of piperidine rings is 1. The van der Waals surface area contributed by atoms with E-state index in [4.69, 9.17) is 5.73 Å². The molecule has 0 radical (unpaired) electrons. The van der Waals surface area contributed by atoms with Crippen molar-refractivity contribution in [2.45, 2.75) is 37.6 Å². The molecular formula is C21H22N4O. The predicted molar refractivity (Wildman–Crippen MR) is 102 cm³/mol. The van der Waals surface area contributed by atoms with Crippen LogP contribution in [-0.4, -0.2) is 33.4 Å². The number of nitrogens with zero attached hydrogens (tertiary/aromatic N) is 2. The van der Waals surface area contributed by atoms with Gasteiger partial charge in [0.05, 0.1) is 11.0 Å². The number of aromatic amines is 1. The number of aryl methyl sites for hydroxylation is 1. The molecule has 1 saturated heterocycles. The molecule has 2 atom stereocenters. The summed E-state index contributed by atoms with van der Waals surface area (Å²) < 4.78 is 0. The minimum absolute atomic E-state index is 0.120. The molecular weight excluding hydrogens is 324 g/mol. The first-order valence-corrected chi connectivity index (χ1v) is 9.35. The zero-order valence-corrected chi connectivity index (χ0v) is 14.6. The summed E-state index contributed by atoms with van der Waals surface area (Å²) in [6.45, 7) is 0.839. The van der Waals surface area contributed by atoms with Crippen molar-refractivity contribution in [3.63, 3.8) is 0 Å². The lowest BCUT2D eigenvalue weighted by molar-refractivity contribution is 0.0547. The molecule has 0 spiro atoms. The molecule has 1 aliphatic carbocycles. The number of anilines is 1. The van der Waals surface area contributed by atoms with Crippen molar-refractivity contribution in [1.82, 2.24) is 14.9 Å². The number of benzene rings is 2. The van der Waals surface area contributed by atoms with Crippen molar-refractivity contribution >= 4 is 22.9 Å². The molecule has 2 aliphatic rings. The molecule has 0 saturated carbocycles. The van der Waals surface area contributed by atoms with Crippen LogP contribution in [0.5, 0.6) is 0 Å². The molecule has 3 N–H and O–H groups in total. The Balaban J connectivity index is 1.48. The molecule has 1 fully saturated rings. The van der Waals surface area contributed by atoms with Crippen molar-refractivity contribution in [3.8, 4) is 0 Å². The van der Waals surface area contributed by atoms with Gasteiger partial charge in [0.15, 0.2) is 5.95 Å². The number of amides is 1. The molecule has 5 rings (SSSR count). The third-order valence-corrected chi connectivity index (χ3v) is 5.95. The second-order valence-electron chi connectivity index (χ2n) is 7.41. The van der Waals surface area contributed by atoms with Gasteiger partial charge in [-0.15, -0.1) is 0 Å². The second-order valence-corrected chi connectivity index (χ2v) is 7.41. The highest BCUT2D eigenvalue weighted by atomic mass is 16.2. The van der Waals surface area contributed by atoms with E-state index in [1.165, 1.54) is 17.5 Å². The molecule has 5 nitrogen and oxygen atoms in total. The van der Waals surface area contributed by atoms with E-state index in [0.717, 1.165) is 36.8 Å². The number of aromatic nitrogens is 2. The van der Waals surface area contributed by atoms with Crippen LogP contribution in [0.4, 0.5) is 5.95 Å². The Bertz CT molecular complexity index is 993. The van der Waals surface area contributed by atoms with Gasteiger partial charge in [-0.25, -0.2) is 4.98 Å². The maximum absolute atomic E-state index is 13.3. The van der Waals surface area contributed by atoms with E-state index >= 15 is 0 Å². The van der Waals surface area contributed by atoms with Crippen molar-refractivity contribution in [3.05, 3.63) is 59.2 Å². The monoisotopic (exact) mass is 346 g/mol. The Hall–Kier alpha value is -2.82. The van der Waals surface area contributed by atoms with Gasteiger partial charge in [-0.2, -0.15) is 0 Å². The van der Waals surface area contributed by atoms with Gasteiger partial charge in [0.1, 0.15) is 0 Å². The fraction of sp³-hybridized carbons (Fsp3) is 0.333. The predicted octanol–water partition coefficient (Wildman–Crippen LogP) is 3.48. The summed E-state index contributed by atoms with van der Waals surface area (Å²) in [6, 6.07) is 14.6. The summed E-state index contributed by atoms with van der Waals surface area (Å²) in [4.78, 5) is 22.6. The number of H-pyrrole nitrogens is 1. The fourth-order valence-electron chi connectivity index (χ4n) is 4.78. The van der Waals surface area contributed by atoms with Gasteiger partial charge in [-0.3, -0.25) is 4.79 Å². The standard InChI is InChI=1S/C21H22N4O/c22-21-23-17-9-7-14(12-18(17)24-21)20(26)25-11-3-6-16-15-5-2-1-4-13(15)8-10-19(16)25/h1-2,4-5,7,9,12,16,19H,3,6,8,10-11H2,(H3,22,23,24)/t16-,19+/m1/s1. The molecule has 132 valence electrons. The summed E-state index contributed by atoms with van der Waals surface area (Å²) in [5.41, 5.74) is 10.9. The number of imidazole rings is 1. The number of nitrogen functional groups attached to an aromatic ring is 1. The van der Waals surface area contributed by atoms with Crippen molar-refractivity contribution in [1.29, 1.82) is 0 Å². The summed E-state index contributed by atoms with van der Waals surface area (Å²) in [7, 11) is 0. The van der Waals surface area contributed by atoms with Crippen LogP contribution in [0, 0.1) is 0 Å². The van der Waals surface area contributed by atoms with Crippen molar-refractivity contribution in [2.24, 2.45) is 0 Å². The minimum atomic E-state index is 0.120. The van der Waals surface area contributed by atoms with Gasteiger partial charge in [-0.1, -0.05) is 24.3 Å². The first kappa shape index (κ1) is 15.4. The van der Waals surface area contributed by atoms with Gasteiger partial charge < -0.3 is 15.6 Å². The highest BCUT2D eigenvalue weighted by Crippen LogP contribution is 2.41. The lowest BCUT2D eigenvalue weighted by atomic mass is 9.74. The molecule has 2 aromatic carbocycles. The van der Waals surface area contributed by atoms with E-state index < -0.39 is 0 Å². The number of carbonyl (C=O) groups is 1. The van der Waals surface area contributed by atoms with Gasteiger partial charge in [0.2, 0.25) is 0 Å². The van der Waals surface area contributed by atoms with Crippen LogP contribution in [-0.2, 0) is 6.42 Å². The van der Waals surface area contributed by atoms with Crippen LogP contribution in [0.15, 0.2) is 42.5 Å². The third kappa shape index (κ3) is 2.38. The number of likely N-dealkylation sites (tertiary alicyclic amines) is 1. The summed E-state index contributed by atoms with van der Waals surface area (Å²) in [5.74, 6) is 0.963. The zero-order chi connectivity index (χ0) is 17.7. The Labute approximate surface area is 152 Å². The topological polar surface area (TPSA) is 75.0 Å². The molecule has 2 heterocycles. The highest BCUT2D eigenvalue weighted by Gasteiger charge is 2.38. The van der Waals surface area contributed by atoms with Crippen LogP contribution in [0.3, 0.4) is 0 Å². The third-order valence-electron chi connectivity index (χ3n) is 5.95. The maximum atomic E-state index is 13.3. The van der Waals surface area contributed by atoms with E-state index in [-0.39, 0.29) is 5.91 Å². The lowest BCUT2D eigenvalue weighted by Crippen LogP contribution is -2.49. The summed E-state index contributed by atoms with van der Waals surface area (Å²) in [5, 5.41) is 0. The van der Waals surface area contributed by atoms with Gasteiger partial charge in [0, 0.05) is 24.1 Å². The number of hydrogen-bond donors (Lipinski definition) is 2. The van der Waals surface area contributed by atoms with Crippen molar-refractivity contribution in [2.75, 3.05) is 12.3 Å². The smallest absolute Gasteiger partial charge is 0.254 e. The molecule has 0 bridgehead atoms. The quantitative estimate of drug-likeness (QED) is 0.708. The average Bonchev–Trinajstić information content (AvgIpc) is 3.06. The van der Waals surface area contributed by atoms with Gasteiger partial charge in [0.25, 0.3) is 5.91 Å². The second kappa shape index (κ2) is 5.87. The normalized spacial score (nSPS) is 22.1. The van der Waals surface area contributed by atoms with Crippen LogP contribution < -0.4 is 5.73 Å². The van der Waals surface area contributed by atoms with Crippen LogP contribution >= 0.6 is 0 Å². The Kier molecular flexibility index (Phi) is 3.48. The van der Waals surface area contributed by atoms with Gasteiger partial charge in [-0.05, 0) is 55.0 Å². The number of carbonyl (C=O) groups excluding carboxylic acids is 1. The number of rotatable bonds is 1. The largest absolute Gasteiger partial charge is 0.369 e.